The number of thiophene rings is 1. The fraction of sp³-hybridized carbons (Fsp3) is 0.207. The van der Waals surface area contributed by atoms with E-state index in [1.807, 2.05) is 0 Å². The van der Waals surface area contributed by atoms with Crippen LogP contribution in [0.5, 0.6) is 5.75 Å². The van der Waals surface area contributed by atoms with Crippen LogP contribution in [0.3, 0.4) is 0 Å². The van der Waals surface area contributed by atoms with Gasteiger partial charge in [0.25, 0.3) is 23.4 Å². The second-order valence-electron chi connectivity index (χ2n) is 10.6. The number of non-ortho nitro benzene ring substituents is 1. The molecule has 2 fully saturated rings. The van der Waals surface area contributed by atoms with E-state index >= 15 is 0 Å². The fourth-order valence-electron chi connectivity index (χ4n) is 5.81. The summed E-state index contributed by atoms with van der Waals surface area (Å²) in [5, 5.41) is 13.2. The summed E-state index contributed by atoms with van der Waals surface area (Å²) in [5.74, 6) is -7.67. The Morgan fingerprint density at radius 1 is 0.872 bits per heavy atom. The fourth-order valence-corrected chi connectivity index (χ4v) is 9.34. The number of amides is 3. The van der Waals surface area contributed by atoms with Crippen LogP contribution in [0.25, 0.3) is 0 Å². The number of carbonyl (C=O) groups is 5. The van der Waals surface area contributed by atoms with Gasteiger partial charge < -0.3 is 4.74 Å². The van der Waals surface area contributed by atoms with Gasteiger partial charge in [0.1, 0.15) is 26.9 Å². The molecule has 2 bridgehead atoms. The second-order valence-corrected chi connectivity index (χ2v) is 14.8. The number of nitro benzene ring substituents is 1. The van der Waals surface area contributed by atoms with Crippen molar-refractivity contribution in [2.75, 3.05) is 6.54 Å². The smallest absolute Gasteiger partial charge is 0.353 e. The highest BCUT2D eigenvalue weighted by Gasteiger charge is 2.88. The van der Waals surface area contributed by atoms with Crippen molar-refractivity contribution >= 4 is 116 Å². The Morgan fingerprint density at radius 2 is 1.40 bits per heavy atom. The third-order valence-electron chi connectivity index (χ3n) is 8.09. The Labute approximate surface area is 298 Å². The maximum Gasteiger partial charge on any atom is 0.353 e. The Morgan fingerprint density at radius 3 is 1.89 bits per heavy atom. The lowest BCUT2D eigenvalue weighted by Gasteiger charge is -2.36. The number of ether oxygens (including phenoxy) is 1. The number of ketones is 1. The summed E-state index contributed by atoms with van der Waals surface area (Å²) >= 11 is 40.6. The summed E-state index contributed by atoms with van der Waals surface area (Å²) in [5.41, 5.74) is -0.537. The highest BCUT2D eigenvalue weighted by molar-refractivity contribution is 7.12. The predicted octanol–water partition coefficient (Wildman–Crippen LogP) is 6.56. The van der Waals surface area contributed by atoms with Gasteiger partial charge in [0.15, 0.2) is 10.1 Å². The summed E-state index contributed by atoms with van der Waals surface area (Å²) in [6.45, 7) is -0.882. The normalized spacial score (nSPS) is 25.6. The summed E-state index contributed by atoms with van der Waals surface area (Å²) in [6.07, 6.45) is 0. The molecule has 11 nitrogen and oxygen atoms in total. The number of nitrogens with zero attached hydrogens (tertiary/aromatic N) is 3. The van der Waals surface area contributed by atoms with Gasteiger partial charge in [-0.3, -0.25) is 29.3 Å². The lowest BCUT2D eigenvalue weighted by molar-refractivity contribution is -0.384. The second kappa shape index (κ2) is 11.7. The van der Waals surface area contributed by atoms with Crippen LogP contribution < -0.4 is 4.74 Å². The largest absolute Gasteiger partial charge is 0.422 e. The first kappa shape index (κ1) is 33.7. The van der Waals surface area contributed by atoms with E-state index in [1.165, 1.54) is 35.6 Å². The van der Waals surface area contributed by atoms with Crippen LogP contribution in [0.15, 0.2) is 76.1 Å². The molecule has 0 unspecified atom stereocenters. The molecule has 3 aliphatic rings. The van der Waals surface area contributed by atoms with E-state index in [-0.39, 0.29) is 32.6 Å². The van der Waals surface area contributed by atoms with Crippen LogP contribution in [0, 0.1) is 22.0 Å². The van der Waals surface area contributed by atoms with E-state index in [0.717, 1.165) is 24.3 Å². The summed E-state index contributed by atoms with van der Waals surface area (Å²) in [4.78, 5) is 74.3. The SMILES string of the molecule is O=C(CN(C(=O)c1ccc([N+](=O)[O-])cc1)N1C(=O)[C@@H]2[C@@H](C1=O)[C@@]1(Cl)C(Cl)=C(Cl)[C@@]2(Cl)C1(Cl)Cl)c1ccc(OC(=O)c2cccs2)cc1. The van der Waals surface area contributed by atoms with Gasteiger partial charge in [-0.25, -0.2) is 9.80 Å². The number of esters is 1. The number of allylic oxidation sites excluding steroid dienone is 2. The minimum Gasteiger partial charge on any atom is -0.422 e. The van der Waals surface area contributed by atoms with E-state index in [0.29, 0.717) is 14.9 Å². The predicted molar refractivity (Wildman–Crippen MR) is 173 cm³/mol. The number of benzene rings is 2. The highest BCUT2D eigenvalue weighted by atomic mass is 35.5. The zero-order valence-electron chi connectivity index (χ0n) is 23.0. The minimum absolute atomic E-state index is 0.0118. The average Bonchev–Trinajstić information content (AvgIpc) is 3.73. The van der Waals surface area contributed by atoms with Crippen molar-refractivity contribution in [1.82, 2.24) is 10.0 Å². The number of halogens is 6. The highest BCUT2D eigenvalue weighted by Crippen LogP contribution is 2.77. The van der Waals surface area contributed by atoms with Crippen LogP contribution in [-0.4, -0.2) is 65.0 Å². The number of hydrogen-bond acceptors (Lipinski definition) is 9. The van der Waals surface area contributed by atoms with Gasteiger partial charge in [0.2, 0.25) is 0 Å². The van der Waals surface area contributed by atoms with E-state index in [1.54, 1.807) is 17.5 Å². The Hall–Kier alpha value is -3.23. The number of hydrazine groups is 1. The molecule has 6 rings (SSSR count). The molecule has 0 spiro atoms. The first-order valence-corrected chi connectivity index (χ1v) is 16.4. The van der Waals surface area contributed by atoms with Crippen molar-refractivity contribution in [3.8, 4) is 5.75 Å². The number of alkyl halides is 4. The molecule has 0 radical (unpaired) electrons. The number of fused-ring (bicyclic) bond motifs is 5. The number of nitro groups is 1. The average molecular weight is 778 g/mol. The van der Waals surface area contributed by atoms with E-state index in [2.05, 4.69) is 0 Å². The molecule has 18 heteroatoms. The summed E-state index contributed by atoms with van der Waals surface area (Å²) in [6, 6.07) is 12.8. The number of rotatable bonds is 8. The Balaban J connectivity index is 1.34. The molecule has 4 atom stereocenters. The maximum absolute atomic E-state index is 14.0. The number of hydrogen-bond donors (Lipinski definition) is 0. The summed E-state index contributed by atoms with van der Waals surface area (Å²) in [7, 11) is 0. The monoisotopic (exact) mass is 775 g/mol. The van der Waals surface area contributed by atoms with Gasteiger partial charge in [-0.05, 0) is 47.8 Å². The zero-order valence-corrected chi connectivity index (χ0v) is 28.3. The van der Waals surface area contributed by atoms with Crippen molar-refractivity contribution in [2.45, 2.75) is 14.1 Å². The molecule has 1 saturated carbocycles. The molecule has 242 valence electrons. The molecule has 3 amide bonds. The van der Waals surface area contributed by atoms with Gasteiger partial charge >= 0.3 is 5.97 Å². The van der Waals surface area contributed by atoms with Gasteiger partial charge in [-0.15, -0.1) is 34.5 Å². The number of Topliss-reactive ketones (excluding diaryl/α,β-unsaturated/α-hetero) is 1. The molecule has 0 N–H and O–H groups in total. The van der Waals surface area contributed by atoms with Crippen LogP contribution in [0.1, 0.15) is 30.4 Å². The molecule has 47 heavy (non-hydrogen) atoms. The molecule has 2 aromatic carbocycles. The molecule has 2 heterocycles. The maximum atomic E-state index is 14.0. The summed E-state index contributed by atoms with van der Waals surface area (Å²) < 4.78 is 3.07. The standard InChI is InChI=1S/C29H15Cl6N3O8S/c30-21-22(31)28(33)20-19(27(21,32)29(28,34)35)24(41)37(25(20)42)36(23(40)14-3-7-15(8-4-14)38(44)45)12-17(39)13-5-9-16(10-6-13)46-26(43)18-2-1-11-47-18/h1-11,19-20H,12H2/t19-,20-,27+,28+/m0/s1. The minimum atomic E-state index is -2.23. The molecular formula is C29H15Cl6N3O8S. The molecule has 1 saturated heterocycles. The molecule has 1 aliphatic heterocycles. The van der Waals surface area contributed by atoms with Gasteiger partial charge in [-0.2, -0.15) is 5.01 Å². The number of carbonyl (C=O) groups excluding carboxylic acids is 5. The molecule has 1 aromatic heterocycles. The first-order valence-electron chi connectivity index (χ1n) is 13.2. The molecular weight excluding hydrogens is 763 g/mol. The number of imide groups is 1. The third-order valence-corrected chi connectivity index (χ3v) is 13.2. The topological polar surface area (TPSA) is 144 Å². The van der Waals surface area contributed by atoms with Crippen LogP contribution in [0.2, 0.25) is 0 Å². The van der Waals surface area contributed by atoms with Crippen LogP contribution in [-0.2, 0) is 9.59 Å². The first-order chi connectivity index (χ1) is 22.1. The van der Waals surface area contributed by atoms with E-state index in [4.69, 9.17) is 74.3 Å². The Bertz CT molecular complexity index is 1870. The van der Waals surface area contributed by atoms with Crippen molar-refractivity contribution in [3.63, 3.8) is 0 Å². The van der Waals surface area contributed by atoms with Crippen molar-refractivity contribution < 1.29 is 33.6 Å². The van der Waals surface area contributed by atoms with Crippen molar-refractivity contribution in [1.29, 1.82) is 0 Å². The van der Waals surface area contributed by atoms with Gasteiger partial charge in [-0.1, -0.05) is 52.5 Å². The quantitative estimate of drug-likeness (QED) is 0.0476. The van der Waals surface area contributed by atoms with Crippen molar-refractivity contribution in [2.24, 2.45) is 11.8 Å². The lowest BCUT2D eigenvalue weighted by atomic mass is 9.84. The van der Waals surface area contributed by atoms with Crippen LogP contribution >= 0.6 is 80.9 Å². The lowest BCUT2D eigenvalue weighted by Crippen LogP contribution is -2.56. The van der Waals surface area contributed by atoms with E-state index in [9.17, 15) is 34.1 Å². The molecule has 3 aromatic rings. The van der Waals surface area contributed by atoms with E-state index < -0.39 is 66.9 Å². The van der Waals surface area contributed by atoms with Gasteiger partial charge in [0, 0.05) is 23.3 Å². The zero-order chi connectivity index (χ0) is 34.2. The Kier molecular flexibility index (Phi) is 8.40. The molecule has 2 aliphatic carbocycles. The van der Waals surface area contributed by atoms with Crippen molar-refractivity contribution in [3.05, 3.63) is 102 Å². The van der Waals surface area contributed by atoms with Gasteiger partial charge in [0.05, 0.1) is 26.8 Å². The third kappa shape index (κ3) is 4.79. The van der Waals surface area contributed by atoms with Crippen LogP contribution in [0.4, 0.5) is 5.69 Å².